The maximum atomic E-state index is 3.55. The Kier molecular flexibility index (Phi) is 2.17. The van der Waals surface area contributed by atoms with Crippen molar-refractivity contribution in [2.75, 3.05) is 13.1 Å². The van der Waals surface area contributed by atoms with E-state index >= 15 is 0 Å². The van der Waals surface area contributed by atoms with Gasteiger partial charge in [-0.15, -0.1) is 0 Å². The van der Waals surface area contributed by atoms with Gasteiger partial charge in [-0.2, -0.15) is 0 Å². The monoisotopic (exact) mass is 153 g/mol. The highest BCUT2D eigenvalue weighted by Crippen LogP contribution is 2.37. The van der Waals surface area contributed by atoms with Gasteiger partial charge >= 0.3 is 0 Å². The number of fused-ring (bicyclic) bond motifs is 2. The van der Waals surface area contributed by atoms with E-state index in [2.05, 4.69) is 12.2 Å². The quantitative estimate of drug-likeness (QED) is 0.561. The molecule has 0 spiro atoms. The van der Waals surface area contributed by atoms with E-state index in [9.17, 15) is 0 Å². The van der Waals surface area contributed by atoms with E-state index < -0.39 is 0 Å². The predicted octanol–water partition coefficient (Wildman–Crippen LogP) is 2.03. The average molecular weight is 153 g/mol. The molecular formula is C10H19N. The lowest BCUT2D eigenvalue weighted by Gasteiger charge is -2.22. The van der Waals surface area contributed by atoms with Crippen LogP contribution < -0.4 is 5.32 Å². The molecule has 0 radical (unpaired) electrons. The second-order valence-corrected chi connectivity index (χ2v) is 4.41. The summed E-state index contributed by atoms with van der Waals surface area (Å²) in [5.41, 5.74) is 0. The highest BCUT2D eigenvalue weighted by Gasteiger charge is 2.29. The molecule has 1 saturated carbocycles. The molecule has 64 valence electrons. The van der Waals surface area contributed by atoms with Crippen LogP contribution in [0.4, 0.5) is 0 Å². The summed E-state index contributed by atoms with van der Waals surface area (Å²) >= 11 is 0. The Morgan fingerprint density at radius 3 is 3.00 bits per heavy atom. The molecule has 3 atom stereocenters. The summed E-state index contributed by atoms with van der Waals surface area (Å²) in [5, 5.41) is 3.55. The molecule has 1 aliphatic heterocycles. The van der Waals surface area contributed by atoms with Crippen LogP contribution >= 0.6 is 0 Å². The number of hydrogen-bond donors (Lipinski definition) is 1. The van der Waals surface area contributed by atoms with Crippen molar-refractivity contribution in [1.82, 2.24) is 5.32 Å². The molecule has 1 saturated heterocycles. The lowest BCUT2D eigenvalue weighted by molar-refractivity contribution is 0.305. The molecule has 2 bridgehead atoms. The first-order chi connectivity index (χ1) is 5.36. The van der Waals surface area contributed by atoms with Crippen molar-refractivity contribution in [3.8, 4) is 0 Å². The van der Waals surface area contributed by atoms with Gasteiger partial charge in [-0.25, -0.2) is 0 Å². The van der Waals surface area contributed by atoms with E-state index in [0.717, 1.165) is 17.8 Å². The fourth-order valence-corrected chi connectivity index (χ4v) is 2.69. The Hall–Kier alpha value is -0.0400. The smallest absolute Gasteiger partial charge is 0.00204 e. The molecule has 3 unspecified atom stereocenters. The van der Waals surface area contributed by atoms with Crippen molar-refractivity contribution in [3.63, 3.8) is 0 Å². The van der Waals surface area contributed by atoms with Crippen LogP contribution in [0.5, 0.6) is 0 Å². The third-order valence-corrected chi connectivity index (χ3v) is 3.60. The van der Waals surface area contributed by atoms with Crippen LogP contribution in [-0.2, 0) is 0 Å². The van der Waals surface area contributed by atoms with Crippen LogP contribution in [0.15, 0.2) is 0 Å². The molecule has 1 N–H and O–H groups in total. The molecule has 2 rings (SSSR count). The zero-order valence-electron chi connectivity index (χ0n) is 7.47. The fraction of sp³-hybridized carbons (Fsp3) is 1.00. The van der Waals surface area contributed by atoms with Crippen LogP contribution in [0.3, 0.4) is 0 Å². The van der Waals surface area contributed by atoms with Gasteiger partial charge in [-0.1, -0.05) is 6.92 Å². The number of hydrogen-bond acceptors (Lipinski definition) is 1. The van der Waals surface area contributed by atoms with Crippen molar-refractivity contribution in [3.05, 3.63) is 0 Å². The SMILES string of the molecule is CC1CCNCC2CCC1C2. The van der Waals surface area contributed by atoms with E-state index in [-0.39, 0.29) is 0 Å². The van der Waals surface area contributed by atoms with E-state index in [1.165, 1.54) is 38.8 Å². The summed E-state index contributed by atoms with van der Waals surface area (Å²) in [5.74, 6) is 3.07. The summed E-state index contributed by atoms with van der Waals surface area (Å²) in [6, 6.07) is 0. The molecular weight excluding hydrogens is 134 g/mol. The lowest BCUT2D eigenvalue weighted by atomic mass is 9.88. The van der Waals surface area contributed by atoms with Crippen LogP contribution in [0.1, 0.15) is 32.6 Å². The molecule has 0 aromatic heterocycles. The molecule has 2 aliphatic rings. The normalized spacial score (nSPS) is 45.0. The van der Waals surface area contributed by atoms with Gasteiger partial charge in [0.2, 0.25) is 0 Å². The Labute approximate surface area is 69.6 Å². The van der Waals surface area contributed by atoms with Crippen LogP contribution in [0.2, 0.25) is 0 Å². The van der Waals surface area contributed by atoms with Gasteiger partial charge in [0.1, 0.15) is 0 Å². The Bertz CT molecular complexity index is 133. The largest absolute Gasteiger partial charge is 0.316 e. The zero-order valence-corrected chi connectivity index (χ0v) is 7.47. The number of nitrogens with one attached hydrogen (secondary N) is 1. The fourth-order valence-electron chi connectivity index (χ4n) is 2.69. The van der Waals surface area contributed by atoms with Gasteiger partial charge in [0.25, 0.3) is 0 Å². The molecule has 1 heteroatoms. The van der Waals surface area contributed by atoms with E-state index in [4.69, 9.17) is 0 Å². The molecule has 2 fully saturated rings. The minimum atomic E-state index is 0.979. The van der Waals surface area contributed by atoms with E-state index in [0.29, 0.717) is 0 Å². The van der Waals surface area contributed by atoms with Crippen LogP contribution in [0.25, 0.3) is 0 Å². The minimum Gasteiger partial charge on any atom is -0.316 e. The Balaban J connectivity index is 1.98. The highest BCUT2D eigenvalue weighted by molar-refractivity contribution is 4.82. The van der Waals surface area contributed by atoms with Crippen LogP contribution in [0, 0.1) is 17.8 Å². The molecule has 1 aliphatic carbocycles. The maximum absolute atomic E-state index is 3.55. The molecule has 1 nitrogen and oxygen atoms in total. The summed E-state index contributed by atoms with van der Waals surface area (Å²) in [6.45, 7) is 4.98. The van der Waals surface area contributed by atoms with Gasteiger partial charge in [-0.05, 0) is 56.5 Å². The second-order valence-electron chi connectivity index (χ2n) is 4.41. The van der Waals surface area contributed by atoms with Crippen LogP contribution in [-0.4, -0.2) is 13.1 Å². The van der Waals surface area contributed by atoms with Crippen molar-refractivity contribution in [1.29, 1.82) is 0 Å². The van der Waals surface area contributed by atoms with E-state index in [1.54, 1.807) is 0 Å². The topological polar surface area (TPSA) is 12.0 Å². The maximum Gasteiger partial charge on any atom is -0.00204 e. The first-order valence-electron chi connectivity index (χ1n) is 5.07. The number of rotatable bonds is 0. The third kappa shape index (κ3) is 1.58. The average Bonchev–Trinajstić information content (AvgIpc) is 2.44. The summed E-state index contributed by atoms with van der Waals surface area (Å²) in [6.07, 6.45) is 5.90. The predicted molar refractivity (Wildman–Crippen MR) is 47.5 cm³/mol. The van der Waals surface area contributed by atoms with Gasteiger partial charge in [-0.3, -0.25) is 0 Å². The minimum absolute atomic E-state index is 0.979. The Morgan fingerprint density at radius 2 is 2.09 bits per heavy atom. The zero-order chi connectivity index (χ0) is 7.68. The molecule has 1 heterocycles. The van der Waals surface area contributed by atoms with Gasteiger partial charge < -0.3 is 5.32 Å². The van der Waals surface area contributed by atoms with Gasteiger partial charge in [0, 0.05) is 0 Å². The van der Waals surface area contributed by atoms with Crippen molar-refractivity contribution >= 4 is 0 Å². The van der Waals surface area contributed by atoms with E-state index in [1.807, 2.05) is 0 Å². The molecule has 0 aromatic rings. The second kappa shape index (κ2) is 3.14. The highest BCUT2D eigenvalue weighted by atomic mass is 14.9. The standard InChI is InChI=1S/C10H19N/c1-8-4-5-11-7-9-2-3-10(8)6-9/h8-11H,2-7H2,1H3. The summed E-state index contributed by atoms with van der Waals surface area (Å²) in [4.78, 5) is 0. The first-order valence-corrected chi connectivity index (χ1v) is 5.07. The molecule has 0 aromatic carbocycles. The Morgan fingerprint density at radius 1 is 1.18 bits per heavy atom. The van der Waals surface area contributed by atoms with Crippen molar-refractivity contribution in [2.24, 2.45) is 17.8 Å². The summed E-state index contributed by atoms with van der Waals surface area (Å²) in [7, 11) is 0. The third-order valence-electron chi connectivity index (χ3n) is 3.60. The van der Waals surface area contributed by atoms with Crippen molar-refractivity contribution < 1.29 is 0 Å². The van der Waals surface area contributed by atoms with Gasteiger partial charge in [0.05, 0.1) is 0 Å². The molecule has 0 amide bonds. The molecule has 11 heavy (non-hydrogen) atoms. The van der Waals surface area contributed by atoms with Crippen molar-refractivity contribution in [2.45, 2.75) is 32.6 Å². The lowest BCUT2D eigenvalue weighted by Crippen LogP contribution is -2.27. The first kappa shape index (κ1) is 7.60. The van der Waals surface area contributed by atoms with Gasteiger partial charge in [0.15, 0.2) is 0 Å². The summed E-state index contributed by atoms with van der Waals surface area (Å²) < 4.78 is 0.